The Labute approximate surface area is 83.3 Å². The third kappa shape index (κ3) is 2.23. The minimum Gasteiger partial charge on any atom is -0.396 e. The van der Waals surface area contributed by atoms with Gasteiger partial charge in [0.1, 0.15) is 0 Å². The Morgan fingerprint density at radius 1 is 1.36 bits per heavy atom. The van der Waals surface area contributed by atoms with Gasteiger partial charge in [-0.05, 0) is 5.92 Å². The van der Waals surface area contributed by atoms with Crippen LogP contribution in [0.4, 0.5) is 0 Å². The number of likely N-dealkylation sites (N-methyl/N-ethyl adjacent to an activating group) is 1. The summed E-state index contributed by atoms with van der Waals surface area (Å²) in [5, 5.41) is 8.84. The first-order valence-electron chi connectivity index (χ1n) is 4.71. The average molecular weight is 200 g/mol. The van der Waals surface area contributed by atoms with Gasteiger partial charge in [-0.2, -0.15) is 0 Å². The summed E-state index contributed by atoms with van der Waals surface area (Å²) in [6, 6.07) is 0. The lowest BCUT2D eigenvalue weighted by molar-refractivity contribution is -0.155. The molecule has 1 saturated heterocycles. The smallest absolute Gasteiger partial charge is 0.312 e. The molecule has 2 amide bonds. The molecule has 0 aromatic heterocycles. The van der Waals surface area contributed by atoms with Gasteiger partial charge in [-0.15, -0.1) is 0 Å². The molecule has 0 spiro atoms. The second-order valence-corrected chi connectivity index (χ2v) is 3.77. The largest absolute Gasteiger partial charge is 0.396 e. The van der Waals surface area contributed by atoms with Gasteiger partial charge in [-0.3, -0.25) is 9.59 Å². The zero-order valence-corrected chi connectivity index (χ0v) is 8.56. The van der Waals surface area contributed by atoms with Gasteiger partial charge in [-0.1, -0.05) is 6.92 Å². The first-order valence-corrected chi connectivity index (χ1v) is 4.71. The minimum atomic E-state index is -0.459. The van der Waals surface area contributed by atoms with E-state index >= 15 is 0 Å². The number of carbonyl (C=O) groups is 2. The molecule has 1 rings (SSSR count). The molecule has 1 heterocycles. The Kier molecular flexibility index (Phi) is 3.46. The summed E-state index contributed by atoms with van der Waals surface area (Å²) < 4.78 is 0. The lowest BCUT2D eigenvalue weighted by atomic mass is 10.1. The number of rotatable bonds is 3. The predicted octanol–water partition coefficient (Wildman–Crippen LogP) is -1.08. The maximum Gasteiger partial charge on any atom is 0.312 e. The topological polar surface area (TPSA) is 60.9 Å². The Morgan fingerprint density at radius 2 is 2.00 bits per heavy atom. The van der Waals surface area contributed by atoms with Crippen molar-refractivity contribution in [3.05, 3.63) is 0 Å². The Hall–Kier alpha value is -1.10. The Morgan fingerprint density at radius 3 is 2.57 bits per heavy atom. The first kappa shape index (κ1) is 11.0. The molecule has 0 aromatic carbocycles. The number of amides is 2. The van der Waals surface area contributed by atoms with Crippen LogP contribution >= 0.6 is 0 Å². The molecule has 5 nitrogen and oxygen atoms in total. The van der Waals surface area contributed by atoms with Crippen molar-refractivity contribution in [1.29, 1.82) is 0 Å². The molecule has 0 radical (unpaired) electrons. The summed E-state index contributed by atoms with van der Waals surface area (Å²) in [7, 11) is 1.62. The lowest BCUT2D eigenvalue weighted by Crippen LogP contribution is -2.53. The Bertz CT molecular complexity index is 242. The molecule has 0 bridgehead atoms. The van der Waals surface area contributed by atoms with Crippen molar-refractivity contribution in [3.8, 4) is 0 Å². The molecule has 1 atom stereocenters. The summed E-state index contributed by atoms with van der Waals surface area (Å²) in [6.07, 6.45) is 0. The van der Waals surface area contributed by atoms with Crippen LogP contribution in [0.5, 0.6) is 0 Å². The number of aliphatic hydroxyl groups excluding tert-OH is 1. The zero-order chi connectivity index (χ0) is 10.7. The number of hydrogen-bond donors (Lipinski definition) is 1. The lowest BCUT2D eigenvalue weighted by Gasteiger charge is -2.32. The summed E-state index contributed by atoms with van der Waals surface area (Å²) in [5.74, 6) is -0.893. The van der Waals surface area contributed by atoms with Crippen molar-refractivity contribution in [2.75, 3.05) is 33.3 Å². The van der Waals surface area contributed by atoms with Crippen LogP contribution in [-0.2, 0) is 9.59 Å². The van der Waals surface area contributed by atoms with E-state index in [0.29, 0.717) is 19.6 Å². The van der Waals surface area contributed by atoms with E-state index in [1.54, 1.807) is 7.05 Å². The van der Waals surface area contributed by atoms with Gasteiger partial charge in [-0.25, -0.2) is 0 Å². The third-order valence-corrected chi connectivity index (χ3v) is 2.37. The van der Waals surface area contributed by atoms with Gasteiger partial charge in [0.15, 0.2) is 0 Å². The van der Waals surface area contributed by atoms with Crippen molar-refractivity contribution >= 4 is 11.8 Å². The molecule has 1 unspecified atom stereocenters. The van der Waals surface area contributed by atoms with Crippen LogP contribution in [0.15, 0.2) is 0 Å². The van der Waals surface area contributed by atoms with E-state index in [2.05, 4.69) is 0 Å². The van der Waals surface area contributed by atoms with Gasteiger partial charge in [0.25, 0.3) is 0 Å². The number of piperazine rings is 1. The number of hydrogen-bond acceptors (Lipinski definition) is 3. The second-order valence-electron chi connectivity index (χ2n) is 3.77. The average Bonchev–Trinajstić information content (AvgIpc) is 2.19. The van der Waals surface area contributed by atoms with Crippen LogP contribution < -0.4 is 0 Å². The number of nitrogens with zero attached hydrogens (tertiary/aromatic N) is 2. The molecule has 1 aliphatic heterocycles. The maximum absolute atomic E-state index is 11.4. The van der Waals surface area contributed by atoms with E-state index in [-0.39, 0.29) is 12.5 Å². The third-order valence-electron chi connectivity index (χ3n) is 2.37. The number of carbonyl (C=O) groups excluding carboxylic acids is 2. The van der Waals surface area contributed by atoms with Crippen LogP contribution in [-0.4, -0.2) is 60.0 Å². The molecule has 1 aliphatic rings. The molecule has 0 aromatic rings. The molecule has 80 valence electrons. The van der Waals surface area contributed by atoms with Crippen molar-refractivity contribution in [2.45, 2.75) is 6.92 Å². The highest BCUT2D eigenvalue weighted by Gasteiger charge is 2.30. The van der Waals surface area contributed by atoms with Gasteiger partial charge in [0.2, 0.25) is 0 Å². The predicted molar refractivity (Wildman–Crippen MR) is 50.5 cm³/mol. The van der Waals surface area contributed by atoms with E-state index in [1.807, 2.05) is 6.92 Å². The molecule has 1 fully saturated rings. The fraction of sp³-hybridized carbons (Fsp3) is 0.778. The standard InChI is InChI=1S/C9H16N2O3/c1-7(6-12)5-11-4-3-10(2)8(13)9(11)14/h7,12H,3-6H2,1-2H3. The van der Waals surface area contributed by atoms with Gasteiger partial charge < -0.3 is 14.9 Å². The van der Waals surface area contributed by atoms with Gasteiger partial charge in [0, 0.05) is 33.3 Å². The van der Waals surface area contributed by atoms with E-state index in [9.17, 15) is 9.59 Å². The molecular weight excluding hydrogens is 184 g/mol. The first-order chi connectivity index (χ1) is 6.56. The van der Waals surface area contributed by atoms with E-state index in [0.717, 1.165) is 0 Å². The summed E-state index contributed by atoms with van der Waals surface area (Å²) in [6.45, 7) is 3.47. The van der Waals surface area contributed by atoms with Crippen LogP contribution in [0.2, 0.25) is 0 Å². The quantitative estimate of drug-likeness (QED) is 0.589. The normalized spacial score (nSPS) is 20.2. The van der Waals surface area contributed by atoms with E-state index in [1.165, 1.54) is 9.80 Å². The van der Waals surface area contributed by atoms with Crippen molar-refractivity contribution in [2.24, 2.45) is 5.92 Å². The van der Waals surface area contributed by atoms with Gasteiger partial charge in [0.05, 0.1) is 0 Å². The van der Waals surface area contributed by atoms with Crippen LogP contribution in [0.1, 0.15) is 6.92 Å². The molecule has 0 aliphatic carbocycles. The fourth-order valence-electron chi connectivity index (χ4n) is 1.38. The molecule has 1 N–H and O–H groups in total. The fourth-order valence-corrected chi connectivity index (χ4v) is 1.38. The molecule has 14 heavy (non-hydrogen) atoms. The monoisotopic (exact) mass is 200 g/mol. The summed E-state index contributed by atoms with van der Waals surface area (Å²) in [5.41, 5.74) is 0. The summed E-state index contributed by atoms with van der Waals surface area (Å²) >= 11 is 0. The highest BCUT2D eigenvalue weighted by molar-refractivity contribution is 6.35. The molecule has 5 heteroatoms. The van der Waals surface area contributed by atoms with Crippen molar-refractivity contribution in [3.63, 3.8) is 0 Å². The van der Waals surface area contributed by atoms with E-state index in [4.69, 9.17) is 5.11 Å². The second kappa shape index (κ2) is 4.41. The highest BCUT2D eigenvalue weighted by Crippen LogP contribution is 2.06. The SMILES string of the molecule is CC(CO)CN1CCN(C)C(=O)C1=O. The minimum absolute atomic E-state index is 0.0233. The molecular formula is C9H16N2O3. The van der Waals surface area contributed by atoms with E-state index < -0.39 is 11.8 Å². The van der Waals surface area contributed by atoms with Crippen molar-refractivity contribution in [1.82, 2.24) is 9.80 Å². The van der Waals surface area contributed by atoms with Gasteiger partial charge >= 0.3 is 11.8 Å². The van der Waals surface area contributed by atoms with Crippen LogP contribution in [0.3, 0.4) is 0 Å². The van der Waals surface area contributed by atoms with Crippen LogP contribution in [0, 0.1) is 5.92 Å². The summed E-state index contributed by atoms with van der Waals surface area (Å²) in [4.78, 5) is 25.6. The Balaban J connectivity index is 2.55. The molecule has 0 saturated carbocycles. The zero-order valence-electron chi connectivity index (χ0n) is 8.56. The van der Waals surface area contributed by atoms with Crippen molar-refractivity contribution < 1.29 is 14.7 Å². The highest BCUT2D eigenvalue weighted by atomic mass is 16.3. The number of aliphatic hydroxyl groups is 1. The maximum atomic E-state index is 11.4. The van der Waals surface area contributed by atoms with Crippen LogP contribution in [0.25, 0.3) is 0 Å².